The summed E-state index contributed by atoms with van der Waals surface area (Å²) < 4.78 is 32.8. The first-order valence-corrected chi connectivity index (χ1v) is 12.5. The fraction of sp³-hybridized carbons (Fsp3) is 0.348. The highest BCUT2D eigenvalue weighted by Crippen LogP contribution is 2.28. The van der Waals surface area contributed by atoms with E-state index in [-0.39, 0.29) is 18.2 Å². The molecule has 1 aliphatic rings. The minimum Gasteiger partial charge on any atom is -0.493 e. The van der Waals surface area contributed by atoms with Gasteiger partial charge in [-0.3, -0.25) is 4.79 Å². The normalized spacial score (nSPS) is 14.9. The second-order valence-electron chi connectivity index (χ2n) is 7.60. The second-order valence-corrected chi connectivity index (χ2v) is 9.69. The van der Waals surface area contributed by atoms with Crippen LogP contribution < -0.4 is 15.0 Å². The molecule has 0 atom stereocenters. The fourth-order valence-electron chi connectivity index (χ4n) is 3.89. The van der Waals surface area contributed by atoms with Crippen LogP contribution in [0.15, 0.2) is 54.9 Å². The van der Waals surface area contributed by atoms with Crippen LogP contribution in [-0.4, -0.2) is 73.7 Å². The number of hydrogen-bond donors (Lipinski definition) is 1. The molecule has 1 aliphatic heterocycles. The van der Waals surface area contributed by atoms with Crippen molar-refractivity contribution in [3.05, 3.63) is 60.4 Å². The predicted octanol–water partition coefficient (Wildman–Crippen LogP) is 1.91. The number of sulfonamides is 1. The number of benzene rings is 2. The lowest BCUT2D eigenvalue weighted by molar-refractivity contribution is 0.0954. The van der Waals surface area contributed by atoms with Gasteiger partial charge in [0.1, 0.15) is 5.75 Å². The van der Waals surface area contributed by atoms with Crippen LogP contribution in [0.25, 0.3) is 10.8 Å². The lowest BCUT2D eigenvalue weighted by Crippen LogP contribution is -2.50. The number of nitrogens with one attached hydrogen (secondary N) is 1. The summed E-state index contributed by atoms with van der Waals surface area (Å²) in [5.41, 5.74) is 0.420. The Morgan fingerprint density at radius 2 is 1.76 bits per heavy atom. The molecular weight excluding hydrogens is 442 g/mol. The maximum atomic E-state index is 13.0. The van der Waals surface area contributed by atoms with Crippen molar-refractivity contribution in [2.24, 2.45) is 0 Å². The van der Waals surface area contributed by atoms with E-state index in [2.05, 4.69) is 15.3 Å². The Kier molecular flexibility index (Phi) is 7.05. The predicted molar refractivity (Wildman–Crippen MR) is 127 cm³/mol. The van der Waals surface area contributed by atoms with Gasteiger partial charge in [0.05, 0.1) is 17.9 Å². The summed E-state index contributed by atoms with van der Waals surface area (Å²) in [5.74, 6) is 0.560. The van der Waals surface area contributed by atoms with Crippen molar-refractivity contribution in [3.8, 4) is 5.75 Å². The van der Waals surface area contributed by atoms with E-state index in [0.717, 1.165) is 10.8 Å². The van der Waals surface area contributed by atoms with Gasteiger partial charge in [0.25, 0.3) is 5.91 Å². The van der Waals surface area contributed by atoms with E-state index in [9.17, 15) is 13.2 Å². The van der Waals surface area contributed by atoms with Crippen LogP contribution in [-0.2, 0) is 10.0 Å². The molecule has 0 aliphatic carbocycles. The molecule has 174 valence electrons. The molecule has 0 radical (unpaired) electrons. The highest BCUT2D eigenvalue weighted by atomic mass is 32.2. The van der Waals surface area contributed by atoms with Gasteiger partial charge < -0.3 is 15.0 Å². The lowest BCUT2D eigenvalue weighted by Gasteiger charge is -2.33. The van der Waals surface area contributed by atoms with Crippen LogP contribution in [0, 0.1) is 0 Å². The number of carbonyl (C=O) groups excluding carboxylic acids is 1. The number of nitrogens with zero attached hydrogens (tertiary/aromatic N) is 4. The Labute approximate surface area is 193 Å². The number of carbonyl (C=O) groups is 1. The van der Waals surface area contributed by atoms with Crippen molar-refractivity contribution in [1.29, 1.82) is 0 Å². The van der Waals surface area contributed by atoms with E-state index in [0.29, 0.717) is 50.0 Å². The highest BCUT2D eigenvalue weighted by Gasteiger charge is 2.28. The van der Waals surface area contributed by atoms with E-state index in [4.69, 9.17) is 4.74 Å². The van der Waals surface area contributed by atoms with Crippen molar-refractivity contribution >= 4 is 32.7 Å². The second kappa shape index (κ2) is 10.1. The molecule has 1 N–H and O–H groups in total. The van der Waals surface area contributed by atoms with E-state index in [1.807, 2.05) is 42.2 Å². The molecule has 0 bridgehead atoms. The molecule has 0 unspecified atom stereocenters. The average molecular weight is 470 g/mol. The van der Waals surface area contributed by atoms with Gasteiger partial charge in [-0.25, -0.2) is 18.4 Å². The monoisotopic (exact) mass is 469 g/mol. The molecule has 1 aromatic heterocycles. The molecular formula is C23H27N5O4S. The SMILES string of the molecule is CCOc1ccc2ccccc2c1C(=O)NCCS(=O)(=O)N1CCN(c2ncccn2)CC1. The van der Waals surface area contributed by atoms with Crippen molar-refractivity contribution in [2.45, 2.75) is 6.92 Å². The van der Waals surface area contributed by atoms with E-state index in [1.165, 1.54) is 4.31 Å². The Morgan fingerprint density at radius 1 is 1.03 bits per heavy atom. The molecule has 33 heavy (non-hydrogen) atoms. The molecule has 2 aromatic carbocycles. The molecule has 9 nitrogen and oxygen atoms in total. The molecule has 4 rings (SSSR count). The maximum Gasteiger partial charge on any atom is 0.255 e. The third-order valence-corrected chi connectivity index (χ3v) is 7.40. The van der Waals surface area contributed by atoms with Gasteiger partial charge >= 0.3 is 0 Å². The fourth-order valence-corrected chi connectivity index (χ4v) is 5.23. The quantitative estimate of drug-likeness (QED) is 0.537. The van der Waals surface area contributed by atoms with Crippen LogP contribution in [0.3, 0.4) is 0 Å². The van der Waals surface area contributed by atoms with Gasteiger partial charge in [0, 0.05) is 45.1 Å². The molecule has 1 amide bonds. The molecule has 1 saturated heterocycles. The van der Waals surface area contributed by atoms with Gasteiger partial charge in [-0.1, -0.05) is 30.3 Å². The van der Waals surface area contributed by atoms with Crippen molar-refractivity contribution < 1.29 is 17.9 Å². The average Bonchev–Trinajstić information content (AvgIpc) is 2.84. The van der Waals surface area contributed by atoms with Crippen LogP contribution in [0.5, 0.6) is 5.75 Å². The van der Waals surface area contributed by atoms with Crippen molar-refractivity contribution in [2.75, 3.05) is 50.0 Å². The maximum absolute atomic E-state index is 13.0. The summed E-state index contributed by atoms with van der Waals surface area (Å²) in [7, 11) is -3.51. The molecule has 1 fully saturated rings. The zero-order valence-electron chi connectivity index (χ0n) is 18.5. The number of anilines is 1. The zero-order chi connectivity index (χ0) is 23.3. The van der Waals surface area contributed by atoms with Gasteiger partial charge in [-0.05, 0) is 29.8 Å². The number of hydrogen-bond acceptors (Lipinski definition) is 7. The van der Waals surface area contributed by atoms with Gasteiger partial charge in [-0.2, -0.15) is 4.31 Å². The number of ether oxygens (including phenoxy) is 1. The van der Waals surface area contributed by atoms with Crippen LogP contribution in [0.4, 0.5) is 5.95 Å². The Bertz CT molecular complexity index is 1210. The minimum absolute atomic E-state index is 0.0119. The van der Waals surface area contributed by atoms with Crippen LogP contribution in [0.2, 0.25) is 0 Å². The number of piperazine rings is 1. The molecule has 2 heterocycles. The van der Waals surface area contributed by atoms with Gasteiger partial charge in [-0.15, -0.1) is 0 Å². The van der Waals surface area contributed by atoms with E-state index < -0.39 is 10.0 Å². The van der Waals surface area contributed by atoms with Gasteiger partial charge in [0.15, 0.2) is 0 Å². The summed E-state index contributed by atoms with van der Waals surface area (Å²) in [6.07, 6.45) is 3.34. The summed E-state index contributed by atoms with van der Waals surface area (Å²) in [4.78, 5) is 23.4. The first kappa shape index (κ1) is 22.9. The number of rotatable bonds is 8. The summed E-state index contributed by atoms with van der Waals surface area (Å²) in [6, 6.07) is 13.0. The van der Waals surface area contributed by atoms with E-state index in [1.54, 1.807) is 24.5 Å². The third-order valence-electron chi connectivity index (χ3n) is 5.53. The van der Waals surface area contributed by atoms with Crippen LogP contribution >= 0.6 is 0 Å². The van der Waals surface area contributed by atoms with Crippen molar-refractivity contribution in [3.63, 3.8) is 0 Å². The summed E-state index contributed by atoms with van der Waals surface area (Å²) >= 11 is 0. The molecule has 0 saturated carbocycles. The summed E-state index contributed by atoms with van der Waals surface area (Å²) in [5, 5.41) is 4.45. The Hall–Kier alpha value is -3.24. The molecule has 0 spiro atoms. The first-order chi connectivity index (χ1) is 16.0. The standard InChI is InChI=1S/C23H27N5O4S/c1-2-32-20-9-8-18-6-3-4-7-19(18)21(20)22(29)24-12-17-33(30,31)28-15-13-27(14-16-28)23-25-10-5-11-26-23/h3-11H,2,12-17H2,1H3,(H,24,29). The minimum atomic E-state index is -3.51. The molecule has 3 aromatic rings. The van der Waals surface area contributed by atoms with E-state index >= 15 is 0 Å². The van der Waals surface area contributed by atoms with Crippen molar-refractivity contribution in [1.82, 2.24) is 19.6 Å². The first-order valence-electron chi connectivity index (χ1n) is 10.9. The summed E-state index contributed by atoms with van der Waals surface area (Å²) in [6.45, 7) is 4.03. The smallest absolute Gasteiger partial charge is 0.255 e. The van der Waals surface area contributed by atoms with Gasteiger partial charge in [0.2, 0.25) is 16.0 Å². The highest BCUT2D eigenvalue weighted by molar-refractivity contribution is 7.89. The largest absolute Gasteiger partial charge is 0.493 e. The Balaban J connectivity index is 1.37. The zero-order valence-corrected chi connectivity index (χ0v) is 19.3. The number of amides is 1. The third kappa shape index (κ3) is 5.23. The lowest BCUT2D eigenvalue weighted by atomic mass is 10.0. The van der Waals surface area contributed by atoms with Crippen LogP contribution in [0.1, 0.15) is 17.3 Å². The topological polar surface area (TPSA) is 105 Å². The Morgan fingerprint density at radius 3 is 2.48 bits per heavy atom. The number of aromatic nitrogens is 2. The molecule has 10 heteroatoms. The number of fused-ring (bicyclic) bond motifs is 1.